The molecule has 28 heavy (non-hydrogen) atoms. The average Bonchev–Trinajstić information content (AvgIpc) is 3.19. The van der Waals surface area contributed by atoms with Crippen molar-refractivity contribution in [2.45, 2.75) is 6.92 Å². The van der Waals surface area contributed by atoms with E-state index in [2.05, 4.69) is 36.9 Å². The zero-order chi connectivity index (χ0) is 19.3. The van der Waals surface area contributed by atoms with Crippen LogP contribution in [0.3, 0.4) is 0 Å². The lowest BCUT2D eigenvalue weighted by Crippen LogP contribution is -2.36. The fourth-order valence-corrected chi connectivity index (χ4v) is 3.03. The predicted molar refractivity (Wildman–Crippen MR) is 107 cm³/mol. The Hall–Kier alpha value is -3.26. The molecule has 3 aromatic heterocycles. The van der Waals surface area contributed by atoms with Gasteiger partial charge >= 0.3 is 0 Å². The van der Waals surface area contributed by atoms with Gasteiger partial charge < -0.3 is 19.5 Å². The zero-order valence-corrected chi connectivity index (χ0v) is 15.8. The Balaban J connectivity index is 1.70. The van der Waals surface area contributed by atoms with Gasteiger partial charge in [-0.2, -0.15) is 0 Å². The Kier molecular flexibility index (Phi) is 5.29. The number of morpholine rings is 1. The topological polar surface area (TPSA) is 89.2 Å². The highest BCUT2D eigenvalue weighted by Crippen LogP contribution is 2.31. The Bertz CT molecular complexity index is 948. The molecule has 144 valence electrons. The van der Waals surface area contributed by atoms with Gasteiger partial charge in [0.05, 0.1) is 30.2 Å². The zero-order valence-electron chi connectivity index (χ0n) is 15.8. The third-order valence-electron chi connectivity index (χ3n) is 4.44. The molecule has 1 aliphatic rings. The second-order valence-electron chi connectivity index (χ2n) is 6.46. The van der Waals surface area contributed by atoms with Crippen LogP contribution >= 0.6 is 0 Å². The Morgan fingerprint density at radius 3 is 2.75 bits per heavy atom. The molecule has 0 bridgehead atoms. The molecule has 0 aliphatic carbocycles. The molecule has 0 atom stereocenters. The van der Waals surface area contributed by atoms with Gasteiger partial charge in [0.25, 0.3) is 0 Å². The van der Waals surface area contributed by atoms with Gasteiger partial charge in [-0.3, -0.25) is 0 Å². The summed E-state index contributed by atoms with van der Waals surface area (Å²) in [6.45, 7) is 9.31. The van der Waals surface area contributed by atoms with Crippen LogP contribution in [0, 0.1) is 6.92 Å². The molecule has 4 rings (SSSR count). The molecule has 4 heterocycles. The van der Waals surface area contributed by atoms with Gasteiger partial charge in [0, 0.05) is 43.7 Å². The van der Waals surface area contributed by atoms with Gasteiger partial charge in [0.15, 0.2) is 5.76 Å². The molecule has 0 aromatic carbocycles. The standard InChI is InChI=1S/C20H22N6O2/c1-3-6-21-20-23-13-16(17-11-14(2)25-28-17)19(24-20)15-4-5-18(22-12-15)26-7-9-27-10-8-26/h3-5,11-13H,1,6-10H2,2H3,(H,21,23,24). The lowest BCUT2D eigenvalue weighted by molar-refractivity contribution is 0.122. The van der Waals surface area contributed by atoms with Crippen molar-refractivity contribution in [2.24, 2.45) is 0 Å². The van der Waals surface area contributed by atoms with E-state index in [0.29, 0.717) is 18.3 Å². The van der Waals surface area contributed by atoms with Crippen LogP contribution in [-0.2, 0) is 4.74 Å². The first-order chi connectivity index (χ1) is 13.7. The number of aryl methyl sites for hydroxylation is 1. The number of aromatic nitrogens is 4. The number of anilines is 2. The normalized spacial score (nSPS) is 14.1. The smallest absolute Gasteiger partial charge is 0.223 e. The summed E-state index contributed by atoms with van der Waals surface area (Å²) in [5, 5.41) is 7.10. The molecule has 3 aromatic rings. The van der Waals surface area contributed by atoms with Crippen LogP contribution in [0.15, 0.2) is 47.8 Å². The molecule has 0 radical (unpaired) electrons. The van der Waals surface area contributed by atoms with Crippen molar-refractivity contribution in [3.63, 3.8) is 0 Å². The molecule has 1 fully saturated rings. The molecule has 1 N–H and O–H groups in total. The molecule has 0 unspecified atom stereocenters. The van der Waals surface area contributed by atoms with E-state index in [9.17, 15) is 0 Å². The van der Waals surface area contributed by atoms with Crippen molar-refractivity contribution in [1.82, 2.24) is 20.1 Å². The monoisotopic (exact) mass is 378 g/mol. The number of rotatable bonds is 6. The summed E-state index contributed by atoms with van der Waals surface area (Å²) in [4.78, 5) is 15.9. The lowest BCUT2D eigenvalue weighted by atomic mass is 10.1. The van der Waals surface area contributed by atoms with Crippen molar-refractivity contribution in [3.8, 4) is 22.6 Å². The fraction of sp³-hybridized carbons (Fsp3) is 0.300. The second kappa shape index (κ2) is 8.18. The minimum absolute atomic E-state index is 0.521. The summed E-state index contributed by atoms with van der Waals surface area (Å²) in [6.07, 6.45) is 5.33. The van der Waals surface area contributed by atoms with Crippen LogP contribution in [0.5, 0.6) is 0 Å². The molecule has 8 heteroatoms. The van der Waals surface area contributed by atoms with E-state index in [1.807, 2.05) is 31.3 Å². The van der Waals surface area contributed by atoms with E-state index in [-0.39, 0.29) is 0 Å². The average molecular weight is 378 g/mol. The van der Waals surface area contributed by atoms with Crippen molar-refractivity contribution in [2.75, 3.05) is 43.1 Å². The van der Waals surface area contributed by atoms with Crippen LogP contribution in [0.2, 0.25) is 0 Å². The summed E-state index contributed by atoms with van der Waals surface area (Å²) in [7, 11) is 0. The number of ether oxygens (including phenoxy) is 1. The third kappa shape index (κ3) is 3.86. The van der Waals surface area contributed by atoms with Gasteiger partial charge in [-0.05, 0) is 19.1 Å². The van der Waals surface area contributed by atoms with Gasteiger partial charge in [-0.25, -0.2) is 15.0 Å². The van der Waals surface area contributed by atoms with Crippen LogP contribution in [-0.4, -0.2) is 53.0 Å². The van der Waals surface area contributed by atoms with Crippen molar-refractivity contribution in [3.05, 3.63) is 48.9 Å². The Morgan fingerprint density at radius 2 is 2.07 bits per heavy atom. The van der Waals surface area contributed by atoms with E-state index in [1.165, 1.54) is 0 Å². The maximum Gasteiger partial charge on any atom is 0.223 e. The SMILES string of the molecule is C=CCNc1ncc(-c2cc(C)no2)c(-c2ccc(N3CCOCC3)nc2)n1. The van der Waals surface area contributed by atoms with Gasteiger partial charge in [-0.15, -0.1) is 6.58 Å². The van der Waals surface area contributed by atoms with Crippen molar-refractivity contribution < 1.29 is 9.26 Å². The number of pyridine rings is 1. The molecule has 0 spiro atoms. The van der Waals surface area contributed by atoms with E-state index in [4.69, 9.17) is 9.26 Å². The molecular weight excluding hydrogens is 356 g/mol. The summed E-state index contributed by atoms with van der Waals surface area (Å²) in [6, 6.07) is 5.90. The quantitative estimate of drug-likeness (QED) is 0.655. The molecule has 1 saturated heterocycles. The van der Waals surface area contributed by atoms with Gasteiger partial charge in [-0.1, -0.05) is 11.2 Å². The van der Waals surface area contributed by atoms with Crippen LogP contribution in [0.25, 0.3) is 22.6 Å². The minimum Gasteiger partial charge on any atom is -0.378 e. The molecule has 1 aliphatic heterocycles. The summed E-state index contributed by atoms with van der Waals surface area (Å²) < 4.78 is 10.9. The highest BCUT2D eigenvalue weighted by molar-refractivity contribution is 5.78. The van der Waals surface area contributed by atoms with E-state index in [0.717, 1.165) is 54.6 Å². The van der Waals surface area contributed by atoms with Gasteiger partial charge in [0.1, 0.15) is 5.82 Å². The first-order valence-electron chi connectivity index (χ1n) is 9.19. The van der Waals surface area contributed by atoms with Gasteiger partial charge in [0.2, 0.25) is 5.95 Å². The minimum atomic E-state index is 0.521. The van der Waals surface area contributed by atoms with Crippen LogP contribution in [0.1, 0.15) is 5.69 Å². The van der Waals surface area contributed by atoms with E-state index < -0.39 is 0 Å². The third-order valence-corrected chi connectivity index (χ3v) is 4.44. The number of nitrogens with one attached hydrogen (secondary N) is 1. The van der Waals surface area contributed by atoms with Crippen LogP contribution in [0.4, 0.5) is 11.8 Å². The Morgan fingerprint density at radius 1 is 1.21 bits per heavy atom. The summed E-state index contributed by atoms with van der Waals surface area (Å²) in [5.41, 5.74) is 3.19. The first-order valence-corrected chi connectivity index (χ1v) is 9.19. The van der Waals surface area contributed by atoms with E-state index in [1.54, 1.807) is 12.3 Å². The number of hydrogen-bond donors (Lipinski definition) is 1. The van der Waals surface area contributed by atoms with Crippen LogP contribution < -0.4 is 10.2 Å². The summed E-state index contributed by atoms with van der Waals surface area (Å²) >= 11 is 0. The maximum absolute atomic E-state index is 5.44. The maximum atomic E-state index is 5.44. The fourth-order valence-electron chi connectivity index (χ4n) is 3.03. The highest BCUT2D eigenvalue weighted by Gasteiger charge is 2.17. The highest BCUT2D eigenvalue weighted by atomic mass is 16.5. The second-order valence-corrected chi connectivity index (χ2v) is 6.46. The first kappa shape index (κ1) is 18.1. The van der Waals surface area contributed by atoms with E-state index >= 15 is 0 Å². The Labute approximate surface area is 163 Å². The predicted octanol–water partition coefficient (Wildman–Crippen LogP) is 2.94. The molecular formula is C20H22N6O2. The summed E-state index contributed by atoms with van der Waals surface area (Å²) in [5.74, 6) is 2.08. The van der Waals surface area contributed by atoms with Crippen molar-refractivity contribution in [1.29, 1.82) is 0 Å². The molecule has 0 amide bonds. The lowest BCUT2D eigenvalue weighted by Gasteiger charge is -2.27. The number of hydrogen-bond acceptors (Lipinski definition) is 8. The van der Waals surface area contributed by atoms with Crippen molar-refractivity contribution >= 4 is 11.8 Å². The molecule has 8 nitrogen and oxygen atoms in total. The molecule has 0 saturated carbocycles. The largest absolute Gasteiger partial charge is 0.378 e. The number of nitrogens with zero attached hydrogens (tertiary/aromatic N) is 5.